The van der Waals surface area contributed by atoms with Crippen LogP contribution in [-0.4, -0.2) is 26.8 Å². The molecule has 20 heavy (non-hydrogen) atoms. The number of anilines is 1. The lowest BCUT2D eigenvalue weighted by Gasteiger charge is -2.05. The number of rotatable bonds is 3. The number of nitrogen functional groups attached to an aromatic ring is 1. The summed E-state index contributed by atoms with van der Waals surface area (Å²) in [6, 6.07) is 3.84. The fourth-order valence-corrected chi connectivity index (χ4v) is 1.87. The number of halogens is 2. The molecule has 0 saturated carbocycles. The smallest absolute Gasteiger partial charge is 0.356 e. The Kier molecular flexibility index (Phi) is 3.45. The van der Waals surface area contributed by atoms with Crippen LogP contribution in [0, 0.1) is 5.82 Å². The lowest BCUT2D eigenvalue weighted by atomic mass is 10.2. The first kappa shape index (κ1) is 14.0. The van der Waals surface area contributed by atoms with Crippen LogP contribution >= 0.6 is 15.9 Å². The van der Waals surface area contributed by atoms with Crippen molar-refractivity contribution in [3.8, 4) is 5.69 Å². The second-order valence-electron chi connectivity index (χ2n) is 3.79. The monoisotopic (exact) mass is 342 g/mol. The van der Waals surface area contributed by atoms with Crippen molar-refractivity contribution in [2.24, 2.45) is 5.73 Å². The van der Waals surface area contributed by atoms with Gasteiger partial charge in [0.05, 0.1) is 15.8 Å². The number of hydrogen-bond donors (Lipinski definition) is 3. The number of benzene rings is 1. The molecule has 1 aromatic heterocycles. The molecule has 104 valence electrons. The number of primary amides is 1. The van der Waals surface area contributed by atoms with Crippen LogP contribution < -0.4 is 11.5 Å². The summed E-state index contributed by atoms with van der Waals surface area (Å²) in [4.78, 5) is 22.4. The van der Waals surface area contributed by atoms with Gasteiger partial charge in [-0.15, -0.1) is 0 Å². The van der Waals surface area contributed by atoms with Crippen molar-refractivity contribution in [2.45, 2.75) is 0 Å². The molecule has 7 nitrogen and oxygen atoms in total. The normalized spacial score (nSPS) is 10.5. The van der Waals surface area contributed by atoms with Gasteiger partial charge in [0, 0.05) is 6.07 Å². The summed E-state index contributed by atoms with van der Waals surface area (Å²) in [6.07, 6.45) is 0. The SMILES string of the molecule is NC(=O)c1nn(-c2ccc(Br)c(F)c2)c(C(=O)O)c1N. The van der Waals surface area contributed by atoms with E-state index >= 15 is 0 Å². The highest BCUT2D eigenvalue weighted by Crippen LogP contribution is 2.24. The Morgan fingerprint density at radius 3 is 2.55 bits per heavy atom. The number of nitrogens with two attached hydrogens (primary N) is 2. The Bertz CT molecular complexity index is 729. The van der Waals surface area contributed by atoms with Crippen LogP contribution in [0.2, 0.25) is 0 Å². The molecule has 0 bridgehead atoms. The molecule has 0 atom stereocenters. The van der Waals surface area contributed by atoms with Crippen LogP contribution in [0.5, 0.6) is 0 Å². The molecule has 0 aliphatic heterocycles. The highest BCUT2D eigenvalue weighted by atomic mass is 79.9. The minimum atomic E-state index is -1.41. The van der Waals surface area contributed by atoms with Crippen molar-refractivity contribution >= 4 is 33.5 Å². The van der Waals surface area contributed by atoms with Gasteiger partial charge in [0.2, 0.25) is 0 Å². The molecule has 2 rings (SSSR count). The molecule has 0 aliphatic carbocycles. The molecule has 2 aromatic rings. The van der Waals surface area contributed by atoms with Gasteiger partial charge in [-0.1, -0.05) is 0 Å². The van der Waals surface area contributed by atoms with Crippen LogP contribution in [0.1, 0.15) is 21.0 Å². The maximum atomic E-state index is 13.5. The fourth-order valence-electron chi connectivity index (χ4n) is 1.62. The Hall–Kier alpha value is -2.42. The quantitative estimate of drug-likeness (QED) is 0.771. The fraction of sp³-hybridized carbons (Fsp3) is 0. The van der Waals surface area contributed by atoms with E-state index in [1.807, 2.05) is 0 Å². The zero-order valence-electron chi connectivity index (χ0n) is 9.80. The highest BCUT2D eigenvalue weighted by molar-refractivity contribution is 9.10. The second-order valence-corrected chi connectivity index (χ2v) is 4.64. The first-order chi connectivity index (χ1) is 9.32. The largest absolute Gasteiger partial charge is 0.476 e. The Balaban J connectivity index is 2.72. The summed E-state index contributed by atoms with van der Waals surface area (Å²) in [5.41, 5.74) is 9.49. The number of hydrogen-bond acceptors (Lipinski definition) is 4. The van der Waals surface area contributed by atoms with E-state index in [0.717, 1.165) is 10.7 Å². The van der Waals surface area contributed by atoms with Crippen molar-refractivity contribution in [2.75, 3.05) is 5.73 Å². The number of carboxylic acid groups (broad SMARTS) is 1. The Morgan fingerprint density at radius 2 is 2.05 bits per heavy atom. The average molecular weight is 343 g/mol. The van der Waals surface area contributed by atoms with Gasteiger partial charge in [0.25, 0.3) is 5.91 Å². The summed E-state index contributed by atoms with van der Waals surface area (Å²) >= 11 is 2.97. The maximum absolute atomic E-state index is 13.5. The molecule has 0 saturated heterocycles. The third-order valence-corrected chi connectivity index (χ3v) is 3.15. The zero-order valence-corrected chi connectivity index (χ0v) is 11.4. The molecule has 1 heterocycles. The van der Waals surface area contributed by atoms with Crippen molar-refractivity contribution in [3.05, 3.63) is 39.9 Å². The number of amides is 1. The van der Waals surface area contributed by atoms with Crippen LogP contribution in [0.4, 0.5) is 10.1 Å². The van der Waals surface area contributed by atoms with Crippen LogP contribution in [0.25, 0.3) is 5.69 Å². The molecular formula is C11H8BrFN4O3. The van der Waals surface area contributed by atoms with Gasteiger partial charge >= 0.3 is 5.97 Å². The Labute approximate surface area is 120 Å². The topological polar surface area (TPSA) is 124 Å². The zero-order chi connectivity index (χ0) is 15.0. The lowest BCUT2D eigenvalue weighted by molar-refractivity contribution is 0.0688. The summed E-state index contributed by atoms with van der Waals surface area (Å²) in [6.45, 7) is 0. The first-order valence-electron chi connectivity index (χ1n) is 5.20. The summed E-state index contributed by atoms with van der Waals surface area (Å²) in [5, 5.41) is 12.9. The van der Waals surface area contributed by atoms with E-state index in [2.05, 4.69) is 21.0 Å². The van der Waals surface area contributed by atoms with Crippen LogP contribution in [0.15, 0.2) is 22.7 Å². The van der Waals surface area contributed by atoms with E-state index < -0.39 is 23.4 Å². The van der Waals surface area contributed by atoms with Gasteiger partial charge < -0.3 is 16.6 Å². The third kappa shape index (κ3) is 2.23. The number of carboxylic acids is 1. The number of aromatic carboxylic acids is 1. The van der Waals surface area contributed by atoms with E-state index in [0.29, 0.717) is 0 Å². The van der Waals surface area contributed by atoms with Crippen LogP contribution in [0.3, 0.4) is 0 Å². The van der Waals surface area contributed by atoms with E-state index in [4.69, 9.17) is 16.6 Å². The van der Waals surface area contributed by atoms with Crippen molar-refractivity contribution < 1.29 is 19.1 Å². The molecular weight excluding hydrogens is 335 g/mol. The minimum Gasteiger partial charge on any atom is -0.476 e. The number of nitrogens with zero attached hydrogens (tertiary/aromatic N) is 2. The molecule has 0 radical (unpaired) electrons. The average Bonchev–Trinajstić information content (AvgIpc) is 2.70. The summed E-state index contributed by atoms with van der Waals surface area (Å²) < 4.78 is 14.6. The lowest BCUT2D eigenvalue weighted by Crippen LogP contribution is -2.14. The van der Waals surface area contributed by atoms with Gasteiger partial charge in [-0.05, 0) is 28.1 Å². The maximum Gasteiger partial charge on any atom is 0.356 e. The van der Waals surface area contributed by atoms with Gasteiger partial charge in [-0.3, -0.25) is 4.79 Å². The molecule has 0 spiro atoms. The molecule has 1 aromatic carbocycles. The predicted molar refractivity (Wildman–Crippen MR) is 71.1 cm³/mol. The van der Waals surface area contributed by atoms with Gasteiger partial charge in [-0.25, -0.2) is 13.9 Å². The van der Waals surface area contributed by atoms with Gasteiger partial charge in [-0.2, -0.15) is 5.10 Å². The first-order valence-corrected chi connectivity index (χ1v) is 5.99. The summed E-state index contributed by atoms with van der Waals surface area (Å²) in [5.74, 6) is -3.00. The number of carbonyl (C=O) groups is 2. The third-order valence-electron chi connectivity index (χ3n) is 2.51. The molecule has 5 N–H and O–H groups in total. The standard InChI is InChI=1S/C11H8BrFN4O3/c12-5-2-1-4(3-6(5)13)17-9(11(19)20)7(14)8(16-17)10(15)18/h1-3H,14H2,(H2,15,18)(H,19,20). The second kappa shape index (κ2) is 4.93. The highest BCUT2D eigenvalue weighted by Gasteiger charge is 2.25. The van der Waals surface area contributed by atoms with Crippen molar-refractivity contribution in [1.29, 1.82) is 0 Å². The minimum absolute atomic E-state index is 0.0994. The Morgan fingerprint density at radius 1 is 1.40 bits per heavy atom. The van der Waals surface area contributed by atoms with E-state index in [1.54, 1.807) is 0 Å². The molecule has 0 aliphatic rings. The van der Waals surface area contributed by atoms with Crippen molar-refractivity contribution in [1.82, 2.24) is 9.78 Å². The van der Waals surface area contributed by atoms with Crippen LogP contribution in [-0.2, 0) is 0 Å². The predicted octanol–water partition coefficient (Wildman–Crippen LogP) is 1.15. The number of aromatic nitrogens is 2. The molecule has 0 fully saturated rings. The van der Waals surface area contributed by atoms with E-state index in [1.165, 1.54) is 12.1 Å². The van der Waals surface area contributed by atoms with E-state index in [-0.39, 0.29) is 21.5 Å². The van der Waals surface area contributed by atoms with Gasteiger partial charge in [0.15, 0.2) is 11.4 Å². The molecule has 1 amide bonds. The van der Waals surface area contributed by atoms with E-state index in [9.17, 15) is 14.0 Å². The molecule has 9 heteroatoms. The van der Waals surface area contributed by atoms with Gasteiger partial charge in [0.1, 0.15) is 5.82 Å². The molecule has 0 unspecified atom stereocenters. The van der Waals surface area contributed by atoms with Crippen molar-refractivity contribution in [3.63, 3.8) is 0 Å². The summed E-state index contributed by atoms with van der Waals surface area (Å²) in [7, 11) is 0. The number of carbonyl (C=O) groups excluding carboxylic acids is 1.